The van der Waals surface area contributed by atoms with Crippen molar-refractivity contribution in [2.24, 2.45) is 0 Å². The lowest BCUT2D eigenvalue weighted by Gasteiger charge is -2.19. The Bertz CT molecular complexity index is 398. The van der Waals surface area contributed by atoms with Crippen LogP contribution in [0.1, 0.15) is 42.9 Å². The molecule has 0 bridgehead atoms. The van der Waals surface area contributed by atoms with E-state index in [1.807, 2.05) is 7.05 Å². The summed E-state index contributed by atoms with van der Waals surface area (Å²) in [5, 5.41) is 18.8. The van der Waals surface area contributed by atoms with Gasteiger partial charge in [-0.3, -0.25) is 0 Å². The Morgan fingerprint density at radius 1 is 1.20 bits per heavy atom. The van der Waals surface area contributed by atoms with Gasteiger partial charge in [-0.05, 0) is 63.4 Å². The van der Waals surface area contributed by atoms with Crippen molar-refractivity contribution in [3.63, 3.8) is 0 Å². The van der Waals surface area contributed by atoms with Crippen molar-refractivity contribution in [2.75, 3.05) is 26.7 Å². The quantitative estimate of drug-likeness (QED) is 0.685. The van der Waals surface area contributed by atoms with E-state index >= 15 is 0 Å². The minimum absolute atomic E-state index is 0.251. The molecule has 0 amide bonds. The normalized spacial score (nSPS) is 12.9. The lowest BCUT2D eigenvalue weighted by molar-refractivity contribution is 0.148. The molecule has 0 heterocycles. The van der Waals surface area contributed by atoms with E-state index in [1.165, 1.54) is 6.07 Å². The fraction of sp³-hybridized carbons (Fsp3) is 0.625. The molecule has 0 fully saturated rings. The molecule has 2 N–H and O–H groups in total. The average molecular weight is 283 g/mol. The number of halogens is 1. The Kier molecular flexibility index (Phi) is 7.73. The summed E-state index contributed by atoms with van der Waals surface area (Å²) >= 11 is 0. The van der Waals surface area contributed by atoms with Gasteiger partial charge in [-0.15, -0.1) is 0 Å². The van der Waals surface area contributed by atoms with Crippen LogP contribution in [0.2, 0.25) is 0 Å². The van der Waals surface area contributed by atoms with Crippen LogP contribution in [-0.4, -0.2) is 41.9 Å². The summed E-state index contributed by atoms with van der Waals surface area (Å²) in [5.41, 5.74) is 1.24. The molecule has 1 aromatic rings. The highest BCUT2D eigenvalue weighted by Crippen LogP contribution is 2.19. The highest BCUT2D eigenvalue weighted by atomic mass is 19.1. The van der Waals surface area contributed by atoms with Gasteiger partial charge in [-0.2, -0.15) is 0 Å². The summed E-state index contributed by atoms with van der Waals surface area (Å²) in [5.74, 6) is -0.265. The minimum Gasteiger partial charge on any atom is -0.396 e. The molecule has 0 spiro atoms. The monoisotopic (exact) mass is 283 g/mol. The smallest absolute Gasteiger partial charge is 0.126 e. The number of benzene rings is 1. The Hall–Kier alpha value is -0.970. The molecule has 0 aliphatic rings. The number of hydrogen-bond acceptors (Lipinski definition) is 3. The maximum absolute atomic E-state index is 13.4. The number of rotatable bonds is 9. The number of aryl methyl sites for hydroxylation is 1. The van der Waals surface area contributed by atoms with E-state index in [2.05, 4.69) is 4.90 Å². The van der Waals surface area contributed by atoms with Crippen molar-refractivity contribution in [2.45, 2.75) is 38.7 Å². The zero-order valence-electron chi connectivity index (χ0n) is 12.5. The molecule has 1 rings (SSSR count). The van der Waals surface area contributed by atoms with E-state index in [9.17, 15) is 9.50 Å². The summed E-state index contributed by atoms with van der Waals surface area (Å²) in [6.07, 6.45) is 2.89. The molecule has 0 aliphatic carbocycles. The van der Waals surface area contributed by atoms with Crippen LogP contribution in [0.3, 0.4) is 0 Å². The first-order valence-corrected chi connectivity index (χ1v) is 7.28. The van der Waals surface area contributed by atoms with Gasteiger partial charge in [0.2, 0.25) is 0 Å². The predicted octanol–water partition coefficient (Wildman–Crippen LogP) is 2.65. The third-order valence-corrected chi connectivity index (χ3v) is 3.56. The molecule has 20 heavy (non-hydrogen) atoms. The summed E-state index contributed by atoms with van der Waals surface area (Å²) < 4.78 is 13.4. The van der Waals surface area contributed by atoms with Crippen molar-refractivity contribution < 1.29 is 14.6 Å². The Morgan fingerprint density at radius 3 is 2.60 bits per heavy atom. The molecule has 1 aromatic carbocycles. The van der Waals surface area contributed by atoms with Crippen LogP contribution in [0.15, 0.2) is 18.2 Å². The molecule has 3 nitrogen and oxygen atoms in total. The van der Waals surface area contributed by atoms with Crippen LogP contribution in [0, 0.1) is 12.7 Å². The van der Waals surface area contributed by atoms with E-state index in [4.69, 9.17) is 5.11 Å². The number of aliphatic hydroxyl groups is 2. The molecule has 0 saturated heterocycles. The van der Waals surface area contributed by atoms with Gasteiger partial charge in [-0.25, -0.2) is 4.39 Å². The fourth-order valence-corrected chi connectivity index (χ4v) is 2.11. The third-order valence-electron chi connectivity index (χ3n) is 3.56. The van der Waals surface area contributed by atoms with Crippen LogP contribution in [-0.2, 0) is 0 Å². The van der Waals surface area contributed by atoms with Crippen LogP contribution in [0.4, 0.5) is 4.39 Å². The summed E-state index contributed by atoms with van der Waals surface area (Å²) in [4.78, 5) is 2.16. The molecule has 0 saturated carbocycles. The topological polar surface area (TPSA) is 43.7 Å². The van der Waals surface area contributed by atoms with E-state index < -0.39 is 6.10 Å². The molecule has 4 heteroatoms. The minimum atomic E-state index is -0.620. The van der Waals surface area contributed by atoms with E-state index in [1.54, 1.807) is 19.1 Å². The molecular weight excluding hydrogens is 257 g/mol. The Morgan fingerprint density at radius 2 is 1.95 bits per heavy atom. The molecular formula is C16H26FNO2. The largest absolute Gasteiger partial charge is 0.396 e. The third kappa shape index (κ3) is 5.99. The molecule has 114 valence electrons. The lowest BCUT2D eigenvalue weighted by atomic mass is 10.0. The zero-order chi connectivity index (χ0) is 15.0. The summed E-state index contributed by atoms with van der Waals surface area (Å²) in [6, 6.07) is 4.90. The summed E-state index contributed by atoms with van der Waals surface area (Å²) in [7, 11) is 2.02. The van der Waals surface area contributed by atoms with E-state index in [0.29, 0.717) is 17.5 Å². The average Bonchev–Trinajstić information content (AvgIpc) is 2.44. The van der Waals surface area contributed by atoms with Gasteiger partial charge in [-0.1, -0.05) is 12.1 Å². The van der Waals surface area contributed by atoms with E-state index in [0.717, 1.165) is 32.4 Å². The van der Waals surface area contributed by atoms with Crippen LogP contribution in [0.5, 0.6) is 0 Å². The van der Waals surface area contributed by atoms with Crippen molar-refractivity contribution >= 4 is 0 Å². The standard InChI is InChI=1S/C16H26FNO2/c1-13-6-7-14(12-15(13)17)16(20)8-10-18(2)9-4-3-5-11-19/h6-7,12,16,19-20H,3-5,8-11H2,1-2H3. The van der Waals surface area contributed by atoms with Gasteiger partial charge in [0.05, 0.1) is 6.10 Å². The molecule has 1 atom stereocenters. The SMILES string of the molecule is Cc1ccc(C(O)CCN(C)CCCCCO)cc1F. The zero-order valence-corrected chi connectivity index (χ0v) is 12.5. The van der Waals surface area contributed by atoms with Crippen LogP contribution >= 0.6 is 0 Å². The first-order valence-electron chi connectivity index (χ1n) is 7.28. The number of aliphatic hydroxyl groups excluding tert-OH is 2. The second-order valence-electron chi connectivity index (χ2n) is 5.40. The Labute approximate surface area is 121 Å². The fourth-order valence-electron chi connectivity index (χ4n) is 2.11. The van der Waals surface area contributed by atoms with Gasteiger partial charge in [0.15, 0.2) is 0 Å². The maximum atomic E-state index is 13.4. The number of nitrogens with zero attached hydrogens (tertiary/aromatic N) is 1. The highest BCUT2D eigenvalue weighted by Gasteiger charge is 2.10. The van der Waals surface area contributed by atoms with Crippen LogP contribution in [0.25, 0.3) is 0 Å². The molecule has 1 unspecified atom stereocenters. The van der Waals surface area contributed by atoms with Crippen molar-refractivity contribution in [3.05, 3.63) is 35.1 Å². The van der Waals surface area contributed by atoms with Crippen molar-refractivity contribution in [1.82, 2.24) is 4.90 Å². The van der Waals surface area contributed by atoms with Crippen LogP contribution < -0.4 is 0 Å². The lowest BCUT2D eigenvalue weighted by Crippen LogP contribution is -2.22. The Balaban J connectivity index is 2.31. The van der Waals surface area contributed by atoms with Crippen molar-refractivity contribution in [3.8, 4) is 0 Å². The highest BCUT2D eigenvalue weighted by molar-refractivity contribution is 5.24. The predicted molar refractivity (Wildman–Crippen MR) is 79.1 cm³/mol. The first kappa shape index (κ1) is 17.1. The maximum Gasteiger partial charge on any atom is 0.126 e. The molecule has 0 radical (unpaired) electrons. The number of hydrogen-bond donors (Lipinski definition) is 2. The second-order valence-corrected chi connectivity index (χ2v) is 5.40. The van der Waals surface area contributed by atoms with Gasteiger partial charge >= 0.3 is 0 Å². The molecule has 0 aliphatic heterocycles. The summed E-state index contributed by atoms with van der Waals surface area (Å²) in [6.45, 7) is 3.69. The van der Waals surface area contributed by atoms with Gasteiger partial charge in [0.25, 0.3) is 0 Å². The van der Waals surface area contributed by atoms with Gasteiger partial charge in [0.1, 0.15) is 5.82 Å². The van der Waals surface area contributed by atoms with Crippen molar-refractivity contribution in [1.29, 1.82) is 0 Å². The van der Waals surface area contributed by atoms with Gasteiger partial charge in [0, 0.05) is 13.2 Å². The van der Waals surface area contributed by atoms with E-state index in [-0.39, 0.29) is 12.4 Å². The first-order chi connectivity index (χ1) is 9.54. The van der Waals surface area contributed by atoms with Gasteiger partial charge < -0.3 is 15.1 Å². The second kappa shape index (κ2) is 9.06. The molecule has 0 aromatic heterocycles. The number of unbranched alkanes of at least 4 members (excludes halogenated alkanes) is 2.